The summed E-state index contributed by atoms with van der Waals surface area (Å²) >= 11 is 0.878. The molecule has 5 rings (SSSR count). The van der Waals surface area contributed by atoms with E-state index in [4.69, 9.17) is 4.42 Å². The van der Waals surface area contributed by atoms with Crippen LogP contribution in [0.15, 0.2) is 35.0 Å². The number of nitrogens with zero attached hydrogens (tertiary/aromatic N) is 4. The van der Waals surface area contributed by atoms with Crippen molar-refractivity contribution in [3.05, 3.63) is 68.4 Å². The predicted molar refractivity (Wildman–Crippen MR) is 110 cm³/mol. The summed E-state index contributed by atoms with van der Waals surface area (Å²) in [4.78, 5) is 27.0. The monoisotopic (exact) mass is 478 g/mol. The highest BCUT2D eigenvalue weighted by molar-refractivity contribution is 7.21. The van der Waals surface area contributed by atoms with Crippen LogP contribution < -0.4 is 10.6 Å². The highest BCUT2D eigenvalue weighted by Gasteiger charge is 2.36. The second-order valence-electron chi connectivity index (χ2n) is 7.32. The van der Waals surface area contributed by atoms with Gasteiger partial charge in [0, 0.05) is 5.39 Å². The van der Waals surface area contributed by atoms with E-state index in [0.717, 1.165) is 23.6 Å². The van der Waals surface area contributed by atoms with Gasteiger partial charge in [-0.3, -0.25) is 19.6 Å². The Morgan fingerprint density at radius 3 is 2.82 bits per heavy atom. The third-order valence-electron chi connectivity index (χ3n) is 5.04. The average molecular weight is 478 g/mol. The van der Waals surface area contributed by atoms with E-state index in [-0.39, 0.29) is 21.9 Å². The van der Waals surface area contributed by atoms with Crippen LogP contribution in [0.2, 0.25) is 0 Å². The van der Waals surface area contributed by atoms with Crippen LogP contribution in [0.5, 0.6) is 0 Å². The number of hydrogen-bond donors (Lipinski definition) is 2. The van der Waals surface area contributed by atoms with Gasteiger partial charge in [-0.15, -0.1) is 11.3 Å². The minimum atomic E-state index is -4.60. The van der Waals surface area contributed by atoms with Gasteiger partial charge in [-0.1, -0.05) is 0 Å². The molecule has 5 heterocycles. The summed E-state index contributed by atoms with van der Waals surface area (Å²) in [5, 5.41) is 21.0. The first-order valence-electron chi connectivity index (χ1n) is 9.44. The Hall–Kier alpha value is -3.94. The van der Waals surface area contributed by atoms with E-state index >= 15 is 0 Å². The number of amides is 1. The molecule has 33 heavy (non-hydrogen) atoms. The summed E-state index contributed by atoms with van der Waals surface area (Å²) in [5.74, 6) is 0.320. The molecule has 2 N–H and O–H groups in total. The molecule has 0 saturated heterocycles. The Bertz CT molecular complexity index is 1420. The van der Waals surface area contributed by atoms with Gasteiger partial charge in [0.15, 0.2) is 6.17 Å². The molecule has 4 aromatic rings. The minimum absolute atomic E-state index is 0.107. The molecule has 0 aromatic carbocycles. The number of nitro groups is 1. The van der Waals surface area contributed by atoms with E-state index in [9.17, 15) is 28.1 Å². The SMILES string of the molecule is Cc1cc(C(F)(F)F)nc2sc3c(c12)NC(c1ccc(Cn2cc([N+](=O)[O-])cn2)o1)NC3=O. The van der Waals surface area contributed by atoms with Crippen molar-refractivity contribution in [2.75, 3.05) is 5.32 Å². The predicted octanol–water partition coefficient (Wildman–Crippen LogP) is 4.22. The van der Waals surface area contributed by atoms with Crippen LogP contribution in [0.3, 0.4) is 0 Å². The summed E-state index contributed by atoms with van der Waals surface area (Å²) in [5.41, 5.74) is -0.440. The Morgan fingerprint density at radius 1 is 1.33 bits per heavy atom. The molecule has 0 aliphatic carbocycles. The van der Waals surface area contributed by atoms with E-state index in [2.05, 4.69) is 20.7 Å². The summed E-state index contributed by atoms with van der Waals surface area (Å²) in [6, 6.07) is 4.21. The van der Waals surface area contributed by atoms with Crippen LogP contribution in [0.25, 0.3) is 10.2 Å². The van der Waals surface area contributed by atoms with Crippen LogP contribution in [-0.4, -0.2) is 25.6 Å². The largest absolute Gasteiger partial charge is 0.460 e. The van der Waals surface area contributed by atoms with Crippen molar-refractivity contribution in [2.45, 2.75) is 25.8 Å². The molecule has 0 radical (unpaired) electrons. The number of carbonyl (C=O) groups is 1. The molecule has 10 nitrogen and oxygen atoms in total. The lowest BCUT2D eigenvalue weighted by molar-refractivity contribution is -0.385. The number of alkyl halides is 3. The third kappa shape index (κ3) is 3.67. The molecule has 0 bridgehead atoms. The normalized spacial score (nSPS) is 15.9. The maximum Gasteiger partial charge on any atom is 0.433 e. The number of nitrogens with one attached hydrogen (secondary N) is 2. The van der Waals surface area contributed by atoms with Crippen molar-refractivity contribution in [3.63, 3.8) is 0 Å². The van der Waals surface area contributed by atoms with Crippen LogP contribution in [-0.2, 0) is 12.7 Å². The molecule has 0 saturated carbocycles. The van der Waals surface area contributed by atoms with Gasteiger partial charge in [0.1, 0.15) is 39.3 Å². The molecule has 1 atom stereocenters. The maximum atomic E-state index is 13.1. The van der Waals surface area contributed by atoms with Crippen molar-refractivity contribution < 1.29 is 27.3 Å². The Labute approximate surface area is 186 Å². The zero-order chi connectivity index (χ0) is 23.5. The minimum Gasteiger partial charge on any atom is -0.460 e. The summed E-state index contributed by atoms with van der Waals surface area (Å²) in [7, 11) is 0. The second-order valence-corrected chi connectivity index (χ2v) is 8.32. The molecule has 0 spiro atoms. The van der Waals surface area contributed by atoms with Crippen LogP contribution in [0.4, 0.5) is 24.5 Å². The summed E-state index contributed by atoms with van der Waals surface area (Å²) < 4.78 is 46.5. The number of aromatic nitrogens is 3. The van der Waals surface area contributed by atoms with Gasteiger partial charge in [-0.25, -0.2) is 4.98 Å². The molecule has 1 amide bonds. The smallest absolute Gasteiger partial charge is 0.433 e. The zero-order valence-electron chi connectivity index (χ0n) is 16.6. The number of fused-ring (bicyclic) bond motifs is 3. The number of halogens is 3. The first kappa shape index (κ1) is 20.9. The van der Waals surface area contributed by atoms with E-state index in [0.29, 0.717) is 28.2 Å². The lowest BCUT2D eigenvalue weighted by Gasteiger charge is -2.24. The molecule has 14 heteroatoms. The van der Waals surface area contributed by atoms with Crippen LogP contribution in [0.1, 0.15) is 38.6 Å². The topological polar surface area (TPSA) is 128 Å². The van der Waals surface area contributed by atoms with E-state index in [1.54, 1.807) is 12.1 Å². The standard InChI is InChI=1S/C19H13F3N6O4S/c1-8-4-12(19(20,21)22)24-18-13(8)14-15(33-18)17(29)26-16(25-14)11-3-2-10(32-11)7-27-6-9(5-23-27)28(30)31/h2-6,16,25H,7H2,1H3,(H,26,29). The molecular weight excluding hydrogens is 465 g/mol. The molecule has 4 aromatic heterocycles. The molecule has 1 aliphatic heterocycles. The third-order valence-corrected chi connectivity index (χ3v) is 6.12. The number of rotatable bonds is 4. The van der Waals surface area contributed by atoms with Gasteiger partial charge in [-0.05, 0) is 30.7 Å². The van der Waals surface area contributed by atoms with Crippen molar-refractivity contribution >= 4 is 38.8 Å². The number of thiophene rings is 1. The fourth-order valence-electron chi connectivity index (χ4n) is 3.57. The average Bonchev–Trinajstić information content (AvgIpc) is 3.46. The van der Waals surface area contributed by atoms with Gasteiger partial charge >= 0.3 is 11.9 Å². The van der Waals surface area contributed by atoms with Crippen LogP contribution in [0, 0.1) is 17.0 Å². The Kier molecular flexibility index (Phi) is 4.63. The number of anilines is 1. The number of aryl methyl sites for hydroxylation is 1. The highest BCUT2D eigenvalue weighted by Crippen LogP contribution is 2.42. The van der Waals surface area contributed by atoms with E-state index in [1.165, 1.54) is 17.8 Å². The summed E-state index contributed by atoms with van der Waals surface area (Å²) in [6.07, 6.45) is -2.99. The first-order chi connectivity index (χ1) is 15.6. The number of carbonyl (C=O) groups excluding carboxylic acids is 1. The van der Waals surface area contributed by atoms with Gasteiger partial charge in [-0.2, -0.15) is 18.3 Å². The van der Waals surface area contributed by atoms with Gasteiger partial charge in [0.25, 0.3) is 5.91 Å². The maximum absolute atomic E-state index is 13.1. The van der Waals surface area contributed by atoms with Crippen molar-refractivity contribution in [2.24, 2.45) is 0 Å². The first-order valence-corrected chi connectivity index (χ1v) is 10.3. The quantitative estimate of drug-likeness (QED) is 0.332. The number of furan rings is 1. The summed E-state index contributed by atoms with van der Waals surface area (Å²) in [6.45, 7) is 1.66. The zero-order valence-corrected chi connectivity index (χ0v) is 17.5. The van der Waals surface area contributed by atoms with Crippen molar-refractivity contribution in [1.29, 1.82) is 0 Å². The van der Waals surface area contributed by atoms with E-state index in [1.807, 2.05) is 0 Å². The van der Waals surface area contributed by atoms with E-state index < -0.39 is 28.9 Å². The number of pyridine rings is 1. The molecule has 0 fully saturated rings. The second kappa shape index (κ2) is 7.30. The molecule has 1 unspecified atom stereocenters. The van der Waals surface area contributed by atoms with Crippen molar-refractivity contribution in [1.82, 2.24) is 20.1 Å². The van der Waals surface area contributed by atoms with Gasteiger partial charge < -0.3 is 15.1 Å². The Balaban J connectivity index is 1.44. The fourth-order valence-corrected chi connectivity index (χ4v) is 4.69. The molecular formula is C19H13F3N6O4S. The van der Waals surface area contributed by atoms with Crippen molar-refractivity contribution in [3.8, 4) is 0 Å². The fraction of sp³-hybridized carbons (Fsp3) is 0.211. The molecule has 170 valence electrons. The van der Waals surface area contributed by atoms with Gasteiger partial charge in [0.2, 0.25) is 0 Å². The highest BCUT2D eigenvalue weighted by atomic mass is 32.1. The molecule has 1 aliphatic rings. The number of hydrogen-bond acceptors (Lipinski definition) is 8. The van der Waals surface area contributed by atoms with Crippen LogP contribution >= 0.6 is 11.3 Å². The lowest BCUT2D eigenvalue weighted by atomic mass is 10.1. The van der Waals surface area contributed by atoms with Gasteiger partial charge in [0.05, 0.1) is 17.2 Å². The Morgan fingerprint density at radius 2 is 2.12 bits per heavy atom. The lowest BCUT2D eigenvalue weighted by Crippen LogP contribution is -2.37.